The van der Waals surface area contributed by atoms with Gasteiger partial charge in [-0.15, -0.1) is 10.2 Å². The van der Waals surface area contributed by atoms with Crippen LogP contribution in [0, 0.1) is 0 Å². The molecular weight excluding hydrogens is 268 g/mol. The summed E-state index contributed by atoms with van der Waals surface area (Å²) in [5.41, 5.74) is 0.903. The van der Waals surface area contributed by atoms with Gasteiger partial charge < -0.3 is 9.88 Å². The van der Waals surface area contributed by atoms with Gasteiger partial charge in [-0.05, 0) is 29.0 Å². The normalized spacial score (nSPS) is 10.7. The number of nitrogens with zero attached hydrogens (tertiary/aromatic N) is 7. The highest BCUT2D eigenvalue weighted by Gasteiger charge is 2.09. The van der Waals surface area contributed by atoms with Crippen molar-refractivity contribution < 1.29 is 0 Å². The van der Waals surface area contributed by atoms with E-state index < -0.39 is 0 Å². The van der Waals surface area contributed by atoms with Crippen LogP contribution >= 0.6 is 0 Å². The fourth-order valence-electron chi connectivity index (χ4n) is 2.04. The van der Waals surface area contributed by atoms with Gasteiger partial charge in [0.15, 0.2) is 5.82 Å². The molecule has 0 amide bonds. The van der Waals surface area contributed by atoms with Crippen LogP contribution in [0.5, 0.6) is 0 Å². The Morgan fingerprint density at radius 1 is 1.14 bits per heavy atom. The molecule has 0 atom stereocenters. The Kier molecular flexibility index (Phi) is 3.85. The van der Waals surface area contributed by atoms with Gasteiger partial charge >= 0.3 is 0 Å². The Morgan fingerprint density at radius 3 is 2.81 bits per heavy atom. The van der Waals surface area contributed by atoms with Gasteiger partial charge in [0.25, 0.3) is 0 Å². The van der Waals surface area contributed by atoms with Crippen molar-refractivity contribution in [3.63, 3.8) is 0 Å². The summed E-state index contributed by atoms with van der Waals surface area (Å²) in [6, 6.07) is 9.73. The first-order valence-electron chi connectivity index (χ1n) is 6.83. The second kappa shape index (κ2) is 6.12. The molecule has 0 aliphatic rings. The van der Waals surface area contributed by atoms with E-state index >= 15 is 0 Å². The SMILES string of the molecule is CCCn1cnnc1CNc1nnnn1-c1ccccc1. The number of rotatable bonds is 6. The molecular formula is C13H16N8. The molecule has 0 fully saturated rings. The molecule has 1 aromatic carbocycles. The van der Waals surface area contributed by atoms with E-state index in [0.29, 0.717) is 12.5 Å². The molecule has 0 aliphatic heterocycles. The van der Waals surface area contributed by atoms with Gasteiger partial charge in [-0.3, -0.25) is 0 Å². The van der Waals surface area contributed by atoms with E-state index in [-0.39, 0.29) is 0 Å². The minimum Gasteiger partial charge on any atom is -0.345 e. The van der Waals surface area contributed by atoms with E-state index in [1.54, 1.807) is 11.0 Å². The Bertz CT molecular complexity index is 687. The Hall–Kier alpha value is -2.77. The highest BCUT2D eigenvalue weighted by Crippen LogP contribution is 2.11. The molecule has 21 heavy (non-hydrogen) atoms. The molecule has 8 heteroatoms. The van der Waals surface area contributed by atoms with Crippen molar-refractivity contribution in [2.75, 3.05) is 5.32 Å². The van der Waals surface area contributed by atoms with Crippen molar-refractivity contribution in [1.29, 1.82) is 0 Å². The highest BCUT2D eigenvalue weighted by atomic mass is 15.6. The number of hydrogen-bond donors (Lipinski definition) is 1. The van der Waals surface area contributed by atoms with Crippen molar-refractivity contribution in [2.45, 2.75) is 26.4 Å². The van der Waals surface area contributed by atoms with Crippen LogP contribution in [0.15, 0.2) is 36.7 Å². The minimum absolute atomic E-state index is 0.521. The van der Waals surface area contributed by atoms with Crippen LogP contribution in [0.1, 0.15) is 19.2 Å². The second-order valence-corrected chi connectivity index (χ2v) is 4.54. The fraction of sp³-hybridized carbons (Fsp3) is 0.308. The summed E-state index contributed by atoms with van der Waals surface area (Å²) in [5, 5.41) is 23.0. The maximum Gasteiger partial charge on any atom is 0.248 e. The van der Waals surface area contributed by atoms with E-state index in [1.807, 2.05) is 34.9 Å². The van der Waals surface area contributed by atoms with Crippen LogP contribution in [0.3, 0.4) is 0 Å². The highest BCUT2D eigenvalue weighted by molar-refractivity contribution is 5.38. The zero-order valence-electron chi connectivity index (χ0n) is 11.7. The summed E-state index contributed by atoms with van der Waals surface area (Å²) in [6.45, 7) is 3.54. The molecule has 1 N–H and O–H groups in total. The lowest BCUT2D eigenvalue weighted by atomic mass is 10.3. The van der Waals surface area contributed by atoms with Crippen LogP contribution in [-0.4, -0.2) is 35.0 Å². The number of hydrogen-bond acceptors (Lipinski definition) is 6. The molecule has 0 saturated carbocycles. The van der Waals surface area contributed by atoms with Gasteiger partial charge in [0, 0.05) is 6.54 Å². The first-order valence-corrected chi connectivity index (χ1v) is 6.83. The topological polar surface area (TPSA) is 86.3 Å². The molecule has 3 rings (SSSR count). The van der Waals surface area contributed by atoms with Crippen LogP contribution in [-0.2, 0) is 13.1 Å². The predicted molar refractivity (Wildman–Crippen MR) is 76.8 cm³/mol. The quantitative estimate of drug-likeness (QED) is 0.733. The van der Waals surface area contributed by atoms with Crippen molar-refractivity contribution >= 4 is 5.95 Å². The predicted octanol–water partition coefficient (Wildman–Crippen LogP) is 1.28. The number of aryl methyl sites for hydroxylation is 1. The second-order valence-electron chi connectivity index (χ2n) is 4.54. The van der Waals surface area contributed by atoms with Gasteiger partial charge in [0.1, 0.15) is 6.33 Å². The average molecular weight is 284 g/mol. The summed E-state index contributed by atoms with van der Waals surface area (Å²) in [4.78, 5) is 0. The number of para-hydroxylation sites is 1. The molecule has 2 heterocycles. The Balaban J connectivity index is 1.75. The number of anilines is 1. The zero-order chi connectivity index (χ0) is 14.5. The summed E-state index contributed by atoms with van der Waals surface area (Å²) >= 11 is 0. The van der Waals surface area contributed by atoms with E-state index in [9.17, 15) is 0 Å². The van der Waals surface area contributed by atoms with Crippen LogP contribution in [0.2, 0.25) is 0 Å². The molecule has 0 unspecified atom stereocenters. The number of nitrogens with one attached hydrogen (secondary N) is 1. The largest absolute Gasteiger partial charge is 0.345 e. The standard InChI is InChI=1S/C13H16N8/c1-2-8-20-10-15-16-12(20)9-14-13-17-18-19-21(13)11-6-4-3-5-7-11/h3-7,10H,2,8-9H2,1H3,(H,14,17,19). The van der Waals surface area contributed by atoms with Gasteiger partial charge in [-0.2, -0.15) is 4.68 Å². The summed E-state index contributed by atoms with van der Waals surface area (Å²) in [6.07, 6.45) is 2.77. The lowest BCUT2D eigenvalue weighted by molar-refractivity contribution is 0.642. The van der Waals surface area contributed by atoms with Crippen LogP contribution in [0.25, 0.3) is 5.69 Å². The summed E-state index contributed by atoms with van der Waals surface area (Å²) < 4.78 is 3.67. The van der Waals surface area contributed by atoms with Crippen molar-refractivity contribution in [2.24, 2.45) is 0 Å². The molecule has 0 saturated heterocycles. The maximum atomic E-state index is 4.11. The van der Waals surface area contributed by atoms with E-state index in [0.717, 1.165) is 24.5 Å². The van der Waals surface area contributed by atoms with E-state index in [2.05, 4.69) is 38.0 Å². The molecule has 0 bridgehead atoms. The minimum atomic E-state index is 0.521. The Morgan fingerprint density at radius 2 is 2.00 bits per heavy atom. The van der Waals surface area contributed by atoms with Crippen molar-refractivity contribution in [1.82, 2.24) is 35.0 Å². The molecule has 108 valence electrons. The molecule has 8 nitrogen and oxygen atoms in total. The third-order valence-electron chi connectivity index (χ3n) is 3.04. The third kappa shape index (κ3) is 2.88. The average Bonchev–Trinajstić information content (AvgIpc) is 3.15. The van der Waals surface area contributed by atoms with E-state index in [4.69, 9.17) is 0 Å². The molecule has 0 radical (unpaired) electrons. The van der Waals surface area contributed by atoms with E-state index in [1.165, 1.54) is 0 Å². The van der Waals surface area contributed by atoms with Gasteiger partial charge in [-0.1, -0.05) is 30.2 Å². The molecule has 3 aromatic rings. The lowest BCUT2D eigenvalue weighted by Crippen LogP contribution is -2.11. The van der Waals surface area contributed by atoms with Crippen molar-refractivity contribution in [3.05, 3.63) is 42.5 Å². The number of benzene rings is 1. The number of tetrazole rings is 1. The monoisotopic (exact) mass is 284 g/mol. The van der Waals surface area contributed by atoms with Gasteiger partial charge in [0.05, 0.1) is 12.2 Å². The number of aromatic nitrogens is 7. The van der Waals surface area contributed by atoms with Gasteiger partial charge in [-0.25, -0.2) is 0 Å². The van der Waals surface area contributed by atoms with Crippen LogP contribution < -0.4 is 5.32 Å². The van der Waals surface area contributed by atoms with Crippen molar-refractivity contribution in [3.8, 4) is 5.69 Å². The Labute approximate surface area is 121 Å². The smallest absolute Gasteiger partial charge is 0.248 e. The summed E-state index contributed by atoms with van der Waals surface area (Å²) in [5.74, 6) is 1.44. The maximum absolute atomic E-state index is 4.11. The third-order valence-corrected chi connectivity index (χ3v) is 3.04. The fourth-order valence-corrected chi connectivity index (χ4v) is 2.04. The first-order chi connectivity index (χ1) is 10.4. The molecule has 0 spiro atoms. The first kappa shape index (κ1) is 13.2. The molecule has 0 aliphatic carbocycles. The molecule has 2 aromatic heterocycles. The zero-order valence-corrected chi connectivity index (χ0v) is 11.7. The summed E-state index contributed by atoms with van der Waals surface area (Å²) in [7, 11) is 0. The van der Waals surface area contributed by atoms with Gasteiger partial charge in [0.2, 0.25) is 5.95 Å². The van der Waals surface area contributed by atoms with Crippen LogP contribution in [0.4, 0.5) is 5.95 Å². The lowest BCUT2D eigenvalue weighted by Gasteiger charge is -2.07.